The number of nitrogens with zero attached hydrogens (tertiary/aromatic N) is 1. The van der Waals surface area contributed by atoms with Crippen molar-refractivity contribution in [2.24, 2.45) is 11.3 Å². The van der Waals surface area contributed by atoms with E-state index in [9.17, 15) is 19.5 Å². The molecule has 1 N–H and O–H groups in total. The van der Waals surface area contributed by atoms with E-state index in [-0.39, 0.29) is 24.8 Å². The molecular weight excluding hydrogens is 586 g/mol. The smallest absolute Gasteiger partial charge is 0.340 e. The molecule has 2 aromatic carbocycles. The molecule has 240 valence electrons. The minimum Gasteiger partial charge on any atom is -0.458 e. The van der Waals surface area contributed by atoms with Gasteiger partial charge in [-0.05, 0) is 82.9 Å². The molecule has 0 unspecified atom stereocenters. The van der Waals surface area contributed by atoms with Crippen molar-refractivity contribution in [3.8, 4) is 0 Å². The lowest BCUT2D eigenvalue weighted by atomic mass is 9.47. The van der Waals surface area contributed by atoms with Gasteiger partial charge in [0.05, 0.1) is 27.7 Å². The van der Waals surface area contributed by atoms with E-state index < -0.39 is 64.4 Å². The zero-order valence-corrected chi connectivity index (χ0v) is 26.4. The topological polar surface area (TPSA) is 121 Å². The van der Waals surface area contributed by atoms with Crippen LogP contribution in [0.3, 0.4) is 0 Å². The summed E-state index contributed by atoms with van der Waals surface area (Å²) in [5.74, 6) is -2.24. The molecule has 3 aromatic rings. The average molecular weight is 626 g/mol. The molecule has 9 nitrogen and oxygen atoms in total. The highest BCUT2D eigenvalue weighted by molar-refractivity contribution is 5.90. The first-order chi connectivity index (χ1) is 21.9. The Hall–Kier alpha value is -4.34. The van der Waals surface area contributed by atoms with E-state index in [0.717, 1.165) is 5.56 Å². The number of carbonyl (C=O) groups is 3. The Morgan fingerprint density at radius 2 is 1.50 bits per heavy atom. The fourth-order valence-electron chi connectivity index (χ4n) is 7.94. The molecule has 1 saturated heterocycles. The Labute approximate surface area is 268 Å². The minimum absolute atomic E-state index is 0.174. The number of hydrogen-bond acceptors (Lipinski definition) is 9. The number of pyridine rings is 1. The molecular formula is C37H39NO8. The van der Waals surface area contributed by atoms with E-state index in [0.29, 0.717) is 5.56 Å². The van der Waals surface area contributed by atoms with Crippen LogP contribution in [0.5, 0.6) is 0 Å². The standard InChI is InChI=1S/C37H39NO8/c1-34(2)27-22-29(43-30(39)18-17-24-12-7-5-8-13-24)36(4)28(44-32(40)25-14-9-6-10-15-25)19-20-35(3,42)37(36,46-34)31(27)45-33(41)26-16-11-21-38-23-26/h5-18,21,23,27-29,31,42H,19-20,22H2,1-4H3/b18-17+/t27-,28+,29-,31-,35+,36+,37+/m1/s1. The molecule has 2 heterocycles. The monoisotopic (exact) mass is 625 g/mol. The maximum Gasteiger partial charge on any atom is 0.340 e. The molecule has 7 atom stereocenters. The Kier molecular flexibility index (Phi) is 8.11. The van der Waals surface area contributed by atoms with Crippen molar-refractivity contribution in [3.63, 3.8) is 0 Å². The van der Waals surface area contributed by atoms with E-state index in [4.69, 9.17) is 18.9 Å². The Morgan fingerprint density at radius 3 is 2.17 bits per heavy atom. The third kappa shape index (κ3) is 5.21. The van der Waals surface area contributed by atoms with Gasteiger partial charge in [0.1, 0.15) is 23.9 Å². The molecule has 1 aromatic heterocycles. The van der Waals surface area contributed by atoms with Crippen LogP contribution < -0.4 is 0 Å². The zero-order chi connectivity index (χ0) is 32.7. The van der Waals surface area contributed by atoms with Crippen LogP contribution in [0, 0.1) is 11.3 Å². The number of aromatic nitrogens is 1. The van der Waals surface area contributed by atoms with Crippen molar-refractivity contribution in [3.05, 3.63) is 108 Å². The van der Waals surface area contributed by atoms with Crippen LogP contribution in [0.4, 0.5) is 0 Å². The van der Waals surface area contributed by atoms with Crippen molar-refractivity contribution in [1.29, 1.82) is 0 Å². The van der Waals surface area contributed by atoms with Gasteiger partial charge in [0.25, 0.3) is 0 Å². The molecule has 0 radical (unpaired) electrons. The van der Waals surface area contributed by atoms with Gasteiger partial charge in [0.2, 0.25) is 0 Å². The van der Waals surface area contributed by atoms with Crippen LogP contribution in [-0.4, -0.2) is 63.1 Å². The van der Waals surface area contributed by atoms with E-state index >= 15 is 0 Å². The first-order valence-electron chi connectivity index (χ1n) is 15.6. The van der Waals surface area contributed by atoms with Gasteiger partial charge in [-0.25, -0.2) is 14.4 Å². The summed E-state index contributed by atoms with van der Waals surface area (Å²) < 4.78 is 25.7. The first-order valence-corrected chi connectivity index (χ1v) is 15.6. The summed E-state index contributed by atoms with van der Waals surface area (Å²) in [5.41, 5.74) is -4.03. The largest absolute Gasteiger partial charge is 0.458 e. The second-order valence-electron chi connectivity index (χ2n) is 13.4. The predicted molar refractivity (Wildman–Crippen MR) is 168 cm³/mol. The summed E-state index contributed by atoms with van der Waals surface area (Å²) in [6.07, 6.45) is 3.96. The fraction of sp³-hybridized carbons (Fsp3) is 0.405. The molecule has 3 aliphatic rings. The summed E-state index contributed by atoms with van der Waals surface area (Å²) in [4.78, 5) is 44.6. The van der Waals surface area contributed by atoms with Gasteiger partial charge in [-0.1, -0.05) is 48.5 Å². The van der Waals surface area contributed by atoms with Crippen molar-refractivity contribution in [2.45, 2.75) is 82.1 Å². The summed E-state index contributed by atoms with van der Waals surface area (Å²) >= 11 is 0. The molecule has 3 fully saturated rings. The molecule has 2 bridgehead atoms. The lowest BCUT2D eigenvalue weighted by molar-refractivity contribution is -0.325. The van der Waals surface area contributed by atoms with E-state index in [1.165, 1.54) is 12.3 Å². The Morgan fingerprint density at radius 1 is 0.848 bits per heavy atom. The van der Waals surface area contributed by atoms with Crippen molar-refractivity contribution < 1.29 is 38.4 Å². The normalized spacial score (nSPS) is 32.7. The number of esters is 3. The maximum absolute atomic E-state index is 13.6. The molecule has 1 aliphatic heterocycles. The molecule has 1 spiro atoms. The zero-order valence-electron chi connectivity index (χ0n) is 26.4. The highest BCUT2D eigenvalue weighted by atomic mass is 16.6. The van der Waals surface area contributed by atoms with Gasteiger partial charge >= 0.3 is 17.9 Å². The van der Waals surface area contributed by atoms with Crippen LogP contribution in [0.15, 0.2) is 91.3 Å². The summed E-state index contributed by atoms with van der Waals surface area (Å²) in [7, 11) is 0. The van der Waals surface area contributed by atoms with Crippen LogP contribution in [0.25, 0.3) is 6.08 Å². The lowest BCUT2D eigenvalue weighted by Gasteiger charge is -2.64. The van der Waals surface area contributed by atoms with E-state index in [1.54, 1.807) is 61.7 Å². The van der Waals surface area contributed by atoms with Crippen molar-refractivity contribution >= 4 is 24.0 Å². The van der Waals surface area contributed by atoms with Gasteiger partial charge in [0, 0.05) is 24.4 Å². The Bertz CT molecular complexity index is 1620. The minimum atomic E-state index is -1.63. The number of ether oxygens (including phenoxy) is 4. The van der Waals surface area contributed by atoms with E-state index in [2.05, 4.69) is 4.98 Å². The van der Waals surface area contributed by atoms with Crippen molar-refractivity contribution in [2.75, 3.05) is 0 Å². The van der Waals surface area contributed by atoms with Gasteiger partial charge in [0.15, 0.2) is 0 Å². The molecule has 46 heavy (non-hydrogen) atoms. The molecule has 6 rings (SSSR count). The second kappa shape index (κ2) is 11.8. The number of rotatable bonds is 7. The molecule has 2 aliphatic carbocycles. The van der Waals surface area contributed by atoms with Crippen LogP contribution >= 0.6 is 0 Å². The van der Waals surface area contributed by atoms with Gasteiger partial charge in [-0.3, -0.25) is 4.98 Å². The number of fused-ring (bicyclic) bond motifs is 1. The third-order valence-corrected chi connectivity index (χ3v) is 10.2. The summed E-state index contributed by atoms with van der Waals surface area (Å²) in [5, 5.41) is 12.3. The molecule has 0 amide bonds. The highest BCUT2D eigenvalue weighted by Gasteiger charge is 2.82. The number of benzene rings is 2. The fourth-order valence-corrected chi connectivity index (χ4v) is 7.94. The summed E-state index contributed by atoms with van der Waals surface area (Å²) in [6.45, 7) is 7.23. The number of aliphatic hydroxyl groups is 1. The van der Waals surface area contributed by atoms with Gasteiger partial charge in [-0.15, -0.1) is 0 Å². The van der Waals surface area contributed by atoms with Crippen molar-refractivity contribution in [1.82, 2.24) is 4.98 Å². The van der Waals surface area contributed by atoms with Gasteiger partial charge in [-0.2, -0.15) is 0 Å². The maximum atomic E-state index is 13.6. The third-order valence-electron chi connectivity index (χ3n) is 10.2. The predicted octanol–water partition coefficient (Wildman–Crippen LogP) is 5.58. The van der Waals surface area contributed by atoms with Crippen LogP contribution in [0.1, 0.15) is 73.2 Å². The SMILES string of the molecule is CC1(C)O[C@]23[C@H](OC(=O)c4cccnc4)[C@H]1C[C@@H](OC(=O)/C=C/c1ccccc1)[C@]2(C)[C@@H](OC(=O)c1ccccc1)CC[C@]3(C)O. The quantitative estimate of drug-likeness (QED) is 0.204. The van der Waals surface area contributed by atoms with Crippen LogP contribution in [-0.2, 0) is 23.7 Å². The lowest BCUT2D eigenvalue weighted by Crippen LogP contribution is -2.79. The Balaban J connectivity index is 1.44. The average Bonchev–Trinajstić information content (AvgIpc) is 3.23. The van der Waals surface area contributed by atoms with Gasteiger partial charge < -0.3 is 24.1 Å². The van der Waals surface area contributed by atoms with Crippen LogP contribution in [0.2, 0.25) is 0 Å². The first kappa shape index (κ1) is 31.6. The number of hydrogen-bond donors (Lipinski definition) is 1. The molecule has 9 heteroatoms. The number of carbonyl (C=O) groups excluding carboxylic acids is 3. The summed E-state index contributed by atoms with van der Waals surface area (Å²) in [6, 6.07) is 21.2. The second-order valence-corrected chi connectivity index (χ2v) is 13.4. The van der Waals surface area contributed by atoms with E-state index in [1.807, 2.05) is 51.1 Å². The highest BCUT2D eigenvalue weighted by Crippen LogP contribution is 2.68. The molecule has 2 saturated carbocycles.